The Kier molecular flexibility index (Phi) is 8.41. The van der Waals surface area contributed by atoms with Crippen LogP contribution in [-0.2, 0) is 11.4 Å². The first kappa shape index (κ1) is 26.4. The summed E-state index contributed by atoms with van der Waals surface area (Å²) in [7, 11) is 0. The molecule has 0 atom stereocenters. The molecule has 180 valence electrons. The molecule has 1 heterocycles. The van der Waals surface area contributed by atoms with Crippen LogP contribution in [0.1, 0.15) is 22.3 Å². The normalized spacial score (nSPS) is 15.7. The third kappa shape index (κ3) is 6.37. The molecule has 0 aromatic heterocycles. The summed E-state index contributed by atoms with van der Waals surface area (Å²) in [6, 6.07) is 12.4. The molecular weight excluding hydrogens is 614 g/mol. The first-order valence-electron chi connectivity index (χ1n) is 10.2. The van der Waals surface area contributed by atoms with E-state index in [4.69, 9.17) is 51.1 Å². The lowest BCUT2D eigenvalue weighted by Gasteiger charge is -2.12. The summed E-state index contributed by atoms with van der Waals surface area (Å²) in [5.41, 5.74) is 4.31. The Bertz CT molecular complexity index is 1360. The van der Waals surface area contributed by atoms with Crippen LogP contribution in [0.2, 0.25) is 20.1 Å². The molecule has 10 heteroatoms. The zero-order chi connectivity index (χ0) is 25.3. The van der Waals surface area contributed by atoms with Crippen molar-refractivity contribution in [3.63, 3.8) is 0 Å². The lowest BCUT2D eigenvalue weighted by Crippen LogP contribution is -2.19. The number of aryl methyl sites for hydroxylation is 2. The van der Waals surface area contributed by atoms with Crippen molar-refractivity contribution in [3.05, 3.63) is 94.2 Å². The molecule has 1 saturated heterocycles. The Balaban J connectivity index is 1.52. The van der Waals surface area contributed by atoms with Crippen molar-refractivity contribution in [2.75, 3.05) is 0 Å². The van der Waals surface area contributed by atoms with Gasteiger partial charge in [0.1, 0.15) is 6.61 Å². The van der Waals surface area contributed by atoms with Gasteiger partial charge < -0.3 is 10.1 Å². The number of carbonyl (C=O) groups is 1. The predicted molar refractivity (Wildman–Crippen MR) is 152 cm³/mol. The Morgan fingerprint density at radius 3 is 2.29 bits per heavy atom. The van der Waals surface area contributed by atoms with Crippen molar-refractivity contribution < 1.29 is 9.53 Å². The van der Waals surface area contributed by atoms with Crippen LogP contribution in [0.5, 0.6) is 5.75 Å². The number of amidine groups is 1. The Labute approximate surface area is 235 Å². The summed E-state index contributed by atoms with van der Waals surface area (Å²) in [5.74, 6) is 0.0810. The van der Waals surface area contributed by atoms with Crippen molar-refractivity contribution >= 4 is 96.9 Å². The van der Waals surface area contributed by atoms with Crippen LogP contribution in [0.3, 0.4) is 0 Å². The molecule has 0 radical (unpaired) electrons. The highest BCUT2D eigenvalue weighted by Crippen LogP contribution is 2.37. The van der Waals surface area contributed by atoms with Gasteiger partial charge in [0.25, 0.3) is 5.91 Å². The number of carbonyl (C=O) groups excluding carboxylic acids is 1. The highest BCUT2D eigenvalue weighted by atomic mass is 79.9. The summed E-state index contributed by atoms with van der Waals surface area (Å²) in [5, 5.41) is 4.95. The smallest absolute Gasteiger partial charge is 0.264 e. The van der Waals surface area contributed by atoms with E-state index in [0.717, 1.165) is 26.9 Å². The van der Waals surface area contributed by atoms with E-state index in [1.54, 1.807) is 36.4 Å². The maximum Gasteiger partial charge on any atom is 0.264 e. The fourth-order valence-electron chi connectivity index (χ4n) is 3.33. The number of thioether (sulfide) groups is 1. The van der Waals surface area contributed by atoms with E-state index in [-0.39, 0.29) is 12.5 Å². The van der Waals surface area contributed by atoms with Gasteiger partial charge in [-0.1, -0.05) is 68.4 Å². The minimum absolute atomic E-state index is 0.170. The Morgan fingerprint density at radius 1 is 1.00 bits per heavy atom. The zero-order valence-electron chi connectivity index (χ0n) is 18.4. The van der Waals surface area contributed by atoms with Gasteiger partial charge in [0.15, 0.2) is 10.9 Å². The first-order chi connectivity index (χ1) is 16.6. The number of rotatable bonds is 5. The standard InChI is InChI=1S/C25H17BrCl4N2O2S/c1-12-5-17(6-13(2)22(12)26)31-25-32-24(33)21(35-25)9-14-7-19(29)23(20(30)8-14)34-11-15-3-4-16(27)10-18(15)28/h3-10H,11H2,1-2H3,(H,31,32,33)/b21-9-. The number of nitrogens with zero attached hydrogens (tertiary/aromatic N) is 1. The topological polar surface area (TPSA) is 50.7 Å². The lowest BCUT2D eigenvalue weighted by molar-refractivity contribution is -0.115. The molecule has 35 heavy (non-hydrogen) atoms. The van der Waals surface area contributed by atoms with Crippen molar-refractivity contribution in [2.45, 2.75) is 20.5 Å². The molecule has 1 aliphatic rings. The van der Waals surface area contributed by atoms with Crippen LogP contribution in [0, 0.1) is 13.8 Å². The maximum atomic E-state index is 12.5. The number of aliphatic imine (C=N–C) groups is 1. The van der Waals surface area contributed by atoms with Gasteiger partial charge in [0.05, 0.1) is 20.6 Å². The fraction of sp³-hybridized carbons (Fsp3) is 0.120. The third-order valence-corrected chi connectivity index (χ3v) is 8.32. The van der Waals surface area contributed by atoms with E-state index in [9.17, 15) is 4.79 Å². The monoisotopic (exact) mass is 628 g/mol. The van der Waals surface area contributed by atoms with Crippen LogP contribution in [-0.4, -0.2) is 11.1 Å². The average molecular weight is 631 g/mol. The molecule has 1 aliphatic heterocycles. The van der Waals surface area contributed by atoms with Crippen LogP contribution in [0.15, 0.2) is 56.8 Å². The summed E-state index contributed by atoms with van der Waals surface area (Å²) in [4.78, 5) is 17.6. The SMILES string of the molecule is Cc1cc(N=C2NC(=O)/C(=C/c3cc(Cl)c(OCc4ccc(Cl)cc4Cl)c(Cl)c3)S2)cc(C)c1Br. The summed E-state index contributed by atoms with van der Waals surface area (Å²) in [6.07, 6.45) is 1.71. The molecule has 4 rings (SSSR count). The van der Waals surface area contributed by atoms with E-state index in [1.165, 1.54) is 11.8 Å². The quantitative estimate of drug-likeness (QED) is 0.286. The van der Waals surface area contributed by atoms with Gasteiger partial charge in [0.2, 0.25) is 0 Å². The molecule has 3 aromatic carbocycles. The number of nitrogens with one attached hydrogen (secondary N) is 1. The van der Waals surface area contributed by atoms with Gasteiger partial charge in [0, 0.05) is 20.1 Å². The number of ether oxygens (including phenoxy) is 1. The van der Waals surface area contributed by atoms with Gasteiger partial charge in [-0.25, -0.2) is 4.99 Å². The predicted octanol–water partition coefficient (Wildman–Crippen LogP) is 9.15. The molecule has 1 amide bonds. The molecule has 0 spiro atoms. The van der Waals surface area contributed by atoms with Crippen molar-refractivity contribution in [2.24, 2.45) is 4.99 Å². The van der Waals surface area contributed by atoms with Crippen molar-refractivity contribution in [1.82, 2.24) is 5.32 Å². The van der Waals surface area contributed by atoms with E-state index in [2.05, 4.69) is 26.2 Å². The van der Waals surface area contributed by atoms with Crippen LogP contribution < -0.4 is 10.1 Å². The molecule has 0 unspecified atom stereocenters. The van der Waals surface area contributed by atoms with E-state index in [1.807, 2.05) is 26.0 Å². The number of benzene rings is 3. The number of hydrogen-bond acceptors (Lipinski definition) is 4. The van der Waals surface area contributed by atoms with Crippen molar-refractivity contribution in [1.29, 1.82) is 0 Å². The second kappa shape index (κ2) is 11.2. The number of halogens is 5. The van der Waals surface area contributed by atoms with Gasteiger partial charge >= 0.3 is 0 Å². The Hall–Kier alpha value is -1.67. The van der Waals surface area contributed by atoms with Crippen LogP contribution >= 0.6 is 74.1 Å². The molecule has 1 fully saturated rings. The largest absolute Gasteiger partial charge is 0.486 e. The molecule has 0 aliphatic carbocycles. The van der Waals surface area contributed by atoms with Crippen LogP contribution in [0.4, 0.5) is 5.69 Å². The van der Waals surface area contributed by atoms with E-state index < -0.39 is 0 Å². The molecule has 4 nitrogen and oxygen atoms in total. The average Bonchev–Trinajstić information content (AvgIpc) is 3.11. The molecule has 3 aromatic rings. The number of hydrogen-bond donors (Lipinski definition) is 1. The fourth-order valence-corrected chi connectivity index (χ4v) is 5.47. The van der Waals surface area contributed by atoms with Crippen molar-refractivity contribution in [3.8, 4) is 5.75 Å². The first-order valence-corrected chi connectivity index (χ1v) is 13.3. The molecule has 0 bridgehead atoms. The zero-order valence-corrected chi connectivity index (χ0v) is 23.8. The second-order valence-electron chi connectivity index (χ2n) is 7.71. The number of amides is 1. The van der Waals surface area contributed by atoms with E-state index in [0.29, 0.717) is 41.5 Å². The maximum absolute atomic E-state index is 12.5. The minimum Gasteiger partial charge on any atom is -0.486 e. The summed E-state index contributed by atoms with van der Waals surface area (Å²) < 4.78 is 6.86. The van der Waals surface area contributed by atoms with Gasteiger partial charge in [-0.15, -0.1) is 0 Å². The molecule has 1 N–H and O–H groups in total. The van der Waals surface area contributed by atoms with Gasteiger partial charge in [-0.05, 0) is 84.8 Å². The second-order valence-corrected chi connectivity index (χ2v) is 11.2. The lowest BCUT2D eigenvalue weighted by atomic mass is 10.1. The minimum atomic E-state index is -0.246. The summed E-state index contributed by atoms with van der Waals surface area (Å²) >= 11 is 29.8. The molecule has 0 saturated carbocycles. The highest BCUT2D eigenvalue weighted by molar-refractivity contribution is 9.10. The Morgan fingerprint density at radius 2 is 1.66 bits per heavy atom. The molecular formula is C25H17BrCl4N2O2S. The van der Waals surface area contributed by atoms with Gasteiger partial charge in [-0.3, -0.25) is 4.79 Å². The van der Waals surface area contributed by atoms with Gasteiger partial charge in [-0.2, -0.15) is 0 Å². The third-order valence-electron chi connectivity index (χ3n) is 5.01. The van der Waals surface area contributed by atoms with E-state index >= 15 is 0 Å². The highest BCUT2D eigenvalue weighted by Gasteiger charge is 2.24. The van der Waals surface area contributed by atoms with Crippen LogP contribution in [0.25, 0.3) is 6.08 Å². The summed E-state index contributed by atoms with van der Waals surface area (Å²) in [6.45, 7) is 4.16.